The van der Waals surface area contributed by atoms with E-state index in [9.17, 15) is 14.7 Å². The maximum Gasteiger partial charge on any atom is 0.326 e. The zero-order valence-corrected chi connectivity index (χ0v) is 16.3. The van der Waals surface area contributed by atoms with Crippen molar-refractivity contribution in [2.24, 2.45) is 0 Å². The van der Waals surface area contributed by atoms with Crippen molar-refractivity contribution in [2.75, 3.05) is 0 Å². The van der Waals surface area contributed by atoms with Gasteiger partial charge in [-0.25, -0.2) is 4.79 Å². The van der Waals surface area contributed by atoms with Crippen LogP contribution in [0.5, 0.6) is 0 Å². The van der Waals surface area contributed by atoms with Crippen molar-refractivity contribution in [3.63, 3.8) is 0 Å². The summed E-state index contributed by atoms with van der Waals surface area (Å²) in [5.74, 6) is -1.17. The van der Waals surface area contributed by atoms with E-state index in [4.69, 9.17) is 0 Å². The van der Waals surface area contributed by atoms with Crippen LogP contribution < -0.4 is 5.32 Å². The van der Waals surface area contributed by atoms with E-state index in [0.29, 0.717) is 6.42 Å². The molecule has 0 fully saturated rings. The summed E-state index contributed by atoms with van der Waals surface area (Å²) in [4.78, 5) is 26.9. The second-order valence-electron chi connectivity index (χ2n) is 7.25. The standard InChI is InChI=1S/C22H32N2O3/c1-2-3-4-5-6-7-8-9-14-21(25)24-20(22(26)27)15-17-16-23-19-13-11-10-12-18(17)19/h10-13,16,20,23H,2-9,14-15H2,1H3,(H,24,25)(H,26,27). The molecule has 27 heavy (non-hydrogen) atoms. The monoisotopic (exact) mass is 372 g/mol. The molecule has 1 heterocycles. The first kappa shape index (κ1) is 21.0. The third-order valence-electron chi connectivity index (χ3n) is 4.99. The Hall–Kier alpha value is -2.30. The molecule has 0 saturated heterocycles. The summed E-state index contributed by atoms with van der Waals surface area (Å²) in [7, 11) is 0. The zero-order chi connectivity index (χ0) is 19.5. The zero-order valence-electron chi connectivity index (χ0n) is 16.3. The quantitative estimate of drug-likeness (QED) is 0.441. The number of para-hydroxylation sites is 1. The predicted octanol–water partition coefficient (Wildman–Crippen LogP) is 4.81. The Morgan fingerprint density at radius 2 is 1.70 bits per heavy atom. The molecule has 5 nitrogen and oxygen atoms in total. The van der Waals surface area contributed by atoms with Gasteiger partial charge in [-0.1, -0.05) is 70.1 Å². The number of hydrogen-bond acceptors (Lipinski definition) is 2. The number of H-pyrrole nitrogens is 1. The van der Waals surface area contributed by atoms with Gasteiger partial charge in [0.1, 0.15) is 6.04 Å². The molecule has 0 aliphatic heterocycles. The van der Waals surface area contributed by atoms with Gasteiger partial charge in [0.15, 0.2) is 0 Å². The number of nitrogens with one attached hydrogen (secondary N) is 2. The minimum atomic E-state index is -0.996. The average Bonchev–Trinajstić information content (AvgIpc) is 3.06. The van der Waals surface area contributed by atoms with Crippen molar-refractivity contribution in [1.29, 1.82) is 0 Å². The smallest absolute Gasteiger partial charge is 0.326 e. The number of benzene rings is 1. The number of aliphatic carboxylic acids is 1. The van der Waals surface area contributed by atoms with E-state index in [1.54, 1.807) is 0 Å². The number of unbranched alkanes of at least 4 members (excludes halogenated alkanes) is 7. The van der Waals surface area contributed by atoms with Crippen molar-refractivity contribution in [2.45, 2.75) is 77.2 Å². The maximum atomic E-state index is 12.1. The molecule has 0 saturated carbocycles. The molecule has 1 unspecified atom stereocenters. The highest BCUT2D eigenvalue weighted by molar-refractivity contribution is 5.86. The molecule has 1 aromatic heterocycles. The molecule has 0 aliphatic carbocycles. The van der Waals surface area contributed by atoms with Crippen LogP contribution >= 0.6 is 0 Å². The molecule has 0 aliphatic rings. The van der Waals surface area contributed by atoms with E-state index in [2.05, 4.69) is 17.2 Å². The number of hydrogen-bond donors (Lipinski definition) is 3. The molecule has 3 N–H and O–H groups in total. The number of carboxylic acids is 1. The molecule has 0 bridgehead atoms. The van der Waals surface area contributed by atoms with Crippen molar-refractivity contribution in [1.82, 2.24) is 10.3 Å². The molecule has 0 spiro atoms. The molecule has 1 amide bonds. The minimum Gasteiger partial charge on any atom is -0.480 e. The predicted molar refractivity (Wildman–Crippen MR) is 109 cm³/mol. The first-order valence-electron chi connectivity index (χ1n) is 10.2. The first-order valence-corrected chi connectivity index (χ1v) is 10.2. The number of fused-ring (bicyclic) bond motifs is 1. The molecule has 148 valence electrons. The van der Waals surface area contributed by atoms with Gasteiger partial charge in [0.25, 0.3) is 0 Å². The number of aromatic amines is 1. The molecule has 5 heteroatoms. The molecule has 2 aromatic rings. The summed E-state index contributed by atoms with van der Waals surface area (Å²) in [5.41, 5.74) is 1.88. The normalized spacial score (nSPS) is 12.2. The molecule has 0 radical (unpaired) electrons. The molecule has 2 rings (SSSR count). The van der Waals surface area contributed by atoms with Crippen LogP contribution in [0.3, 0.4) is 0 Å². The van der Waals surface area contributed by atoms with Gasteiger partial charge < -0.3 is 15.4 Å². The van der Waals surface area contributed by atoms with Crippen molar-refractivity contribution < 1.29 is 14.7 Å². The van der Waals surface area contributed by atoms with E-state index in [1.807, 2.05) is 30.5 Å². The Labute approximate surface area is 161 Å². The highest BCUT2D eigenvalue weighted by Crippen LogP contribution is 2.19. The Balaban J connectivity index is 1.74. The lowest BCUT2D eigenvalue weighted by Gasteiger charge is -2.14. The van der Waals surface area contributed by atoms with Gasteiger partial charge in [0.2, 0.25) is 5.91 Å². The van der Waals surface area contributed by atoms with Crippen LogP contribution in [0.15, 0.2) is 30.5 Å². The van der Waals surface area contributed by atoms with Crippen molar-refractivity contribution in [3.05, 3.63) is 36.0 Å². The largest absolute Gasteiger partial charge is 0.480 e. The van der Waals surface area contributed by atoms with Gasteiger partial charge in [-0.15, -0.1) is 0 Å². The fraction of sp³-hybridized carbons (Fsp3) is 0.545. The van der Waals surface area contributed by atoms with Crippen LogP contribution in [0.25, 0.3) is 10.9 Å². The number of rotatable bonds is 13. The van der Waals surface area contributed by atoms with Gasteiger partial charge in [0.05, 0.1) is 0 Å². The SMILES string of the molecule is CCCCCCCCCCC(=O)NC(Cc1c[nH]c2ccccc12)C(=O)O. The molecular weight excluding hydrogens is 340 g/mol. The Bertz CT molecular complexity index is 723. The van der Waals surface area contributed by atoms with E-state index in [1.165, 1.54) is 32.1 Å². The van der Waals surface area contributed by atoms with E-state index >= 15 is 0 Å². The maximum absolute atomic E-state index is 12.1. The van der Waals surface area contributed by atoms with Gasteiger partial charge >= 0.3 is 5.97 Å². The first-order chi connectivity index (χ1) is 13.1. The third kappa shape index (κ3) is 7.08. The van der Waals surface area contributed by atoms with Crippen LogP contribution in [0.4, 0.5) is 0 Å². The number of amides is 1. The van der Waals surface area contributed by atoms with Crippen LogP contribution in [0.1, 0.15) is 70.3 Å². The lowest BCUT2D eigenvalue weighted by atomic mass is 10.0. The van der Waals surface area contributed by atoms with Gasteiger partial charge in [-0.05, 0) is 18.1 Å². The Morgan fingerprint density at radius 1 is 1.04 bits per heavy atom. The molecule has 1 atom stereocenters. The summed E-state index contributed by atoms with van der Waals surface area (Å²) < 4.78 is 0. The van der Waals surface area contributed by atoms with Crippen molar-refractivity contribution >= 4 is 22.8 Å². The van der Waals surface area contributed by atoms with Crippen LogP contribution in [-0.2, 0) is 16.0 Å². The van der Waals surface area contributed by atoms with E-state index < -0.39 is 12.0 Å². The van der Waals surface area contributed by atoms with Crippen LogP contribution in [0, 0.1) is 0 Å². The highest BCUT2D eigenvalue weighted by Gasteiger charge is 2.21. The summed E-state index contributed by atoms with van der Waals surface area (Å²) in [6.07, 6.45) is 11.8. The summed E-state index contributed by atoms with van der Waals surface area (Å²) in [5, 5.41) is 13.2. The van der Waals surface area contributed by atoms with E-state index in [-0.39, 0.29) is 12.3 Å². The van der Waals surface area contributed by atoms with Crippen LogP contribution in [-0.4, -0.2) is 28.0 Å². The topological polar surface area (TPSA) is 82.2 Å². The number of carboxylic acid groups (broad SMARTS) is 1. The Morgan fingerprint density at radius 3 is 2.41 bits per heavy atom. The van der Waals surface area contributed by atoms with Gasteiger partial charge in [-0.3, -0.25) is 4.79 Å². The number of carbonyl (C=O) groups excluding carboxylic acids is 1. The van der Waals surface area contributed by atoms with Gasteiger partial charge in [0, 0.05) is 29.9 Å². The molecule has 1 aromatic carbocycles. The summed E-state index contributed by atoms with van der Waals surface area (Å²) >= 11 is 0. The second kappa shape index (κ2) is 11.4. The summed E-state index contributed by atoms with van der Waals surface area (Å²) in [6.45, 7) is 2.21. The third-order valence-corrected chi connectivity index (χ3v) is 4.99. The Kier molecular flexibility index (Phi) is 8.89. The van der Waals surface area contributed by atoms with E-state index in [0.717, 1.165) is 35.7 Å². The fourth-order valence-electron chi connectivity index (χ4n) is 3.41. The van der Waals surface area contributed by atoms with Crippen molar-refractivity contribution in [3.8, 4) is 0 Å². The number of aromatic nitrogens is 1. The molecular formula is C22H32N2O3. The summed E-state index contributed by atoms with van der Waals surface area (Å²) in [6, 6.07) is 6.88. The minimum absolute atomic E-state index is 0.173. The second-order valence-corrected chi connectivity index (χ2v) is 7.25. The lowest BCUT2D eigenvalue weighted by molar-refractivity contribution is -0.141. The van der Waals surface area contributed by atoms with Gasteiger partial charge in [-0.2, -0.15) is 0 Å². The average molecular weight is 373 g/mol. The number of carbonyl (C=O) groups is 2. The highest BCUT2D eigenvalue weighted by atomic mass is 16.4. The lowest BCUT2D eigenvalue weighted by Crippen LogP contribution is -2.42. The van der Waals surface area contributed by atoms with Crippen LogP contribution in [0.2, 0.25) is 0 Å². The fourth-order valence-corrected chi connectivity index (χ4v) is 3.41.